The zero-order chi connectivity index (χ0) is 15.4. The maximum Gasteiger partial charge on any atom is 0.257 e. The standard InChI is InChI=1S/C15H22N2O4.ClH/c1-10-9-17(8-7-16-10)15(18)11-5-6-12(19-2)14(21-4)13(11)20-3;/h5-6,10,16H,7-9H2,1-4H3;1H/t10-;/m1./s1. The molecule has 124 valence electrons. The zero-order valence-electron chi connectivity index (χ0n) is 13.3. The van der Waals surface area contributed by atoms with Crippen LogP contribution in [0.4, 0.5) is 0 Å². The van der Waals surface area contributed by atoms with Gasteiger partial charge in [-0.25, -0.2) is 0 Å². The Morgan fingerprint density at radius 1 is 1.18 bits per heavy atom. The maximum absolute atomic E-state index is 12.7. The van der Waals surface area contributed by atoms with Gasteiger partial charge in [-0.2, -0.15) is 0 Å². The minimum absolute atomic E-state index is 0. The smallest absolute Gasteiger partial charge is 0.257 e. The minimum Gasteiger partial charge on any atom is -0.493 e. The summed E-state index contributed by atoms with van der Waals surface area (Å²) < 4.78 is 15.9. The van der Waals surface area contributed by atoms with Crippen LogP contribution in [-0.2, 0) is 0 Å². The lowest BCUT2D eigenvalue weighted by Crippen LogP contribution is -2.51. The van der Waals surface area contributed by atoms with Crippen molar-refractivity contribution in [3.63, 3.8) is 0 Å². The average molecular weight is 331 g/mol. The quantitative estimate of drug-likeness (QED) is 0.908. The number of hydrogen-bond donors (Lipinski definition) is 1. The number of piperazine rings is 1. The molecule has 0 aromatic heterocycles. The summed E-state index contributed by atoms with van der Waals surface area (Å²) in [6, 6.07) is 3.73. The van der Waals surface area contributed by atoms with E-state index in [-0.39, 0.29) is 24.4 Å². The topological polar surface area (TPSA) is 60.0 Å². The van der Waals surface area contributed by atoms with Gasteiger partial charge in [-0.1, -0.05) is 0 Å². The Balaban J connectivity index is 0.00000242. The molecule has 22 heavy (non-hydrogen) atoms. The number of nitrogens with one attached hydrogen (secondary N) is 1. The lowest BCUT2D eigenvalue weighted by Gasteiger charge is -2.32. The minimum atomic E-state index is -0.0545. The molecule has 1 fully saturated rings. The van der Waals surface area contributed by atoms with Crippen molar-refractivity contribution in [3.05, 3.63) is 17.7 Å². The van der Waals surface area contributed by atoms with Crippen LogP contribution in [0.2, 0.25) is 0 Å². The van der Waals surface area contributed by atoms with E-state index in [1.807, 2.05) is 4.90 Å². The molecule has 1 aromatic carbocycles. The molecule has 1 aliphatic rings. The van der Waals surface area contributed by atoms with Crippen molar-refractivity contribution in [2.75, 3.05) is 41.0 Å². The largest absolute Gasteiger partial charge is 0.493 e. The number of hydrogen-bond acceptors (Lipinski definition) is 5. The number of methoxy groups -OCH3 is 3. The molecule has 0 saturated carbocycles. The fourth-order valence-electron chi connectivity index (χ4n) is 2.56. The number of carbonyl (C=O) groups is 1. The Morgan fingerprint density at radius 3 is 2.41 bits per heavy atom. The van der Waals surface area contributed by atoms with Crippen molar-refractivity contribution in [2.45, 2.75) is 13.0 Å². The van der Waals surface area contributed by atoms with Crippen LogP contribution in [-0.4, -0.2) is 57.8 Å². The lowest BCUT2D eigenvalue weighted by atomic mass is 10.1. The second-order valence-corrected chi connectivity index (χ2v) is 4.99. The van der Waals surface area contributed by atoms with E-state index in [1.54, 1.807) is 19.2 Å². The predicted octanol–water partition coefficient (Wildman–Crippen LogP) is 1.57. The van der Waals surface area contributed by atoms with Crippen LogP contribution >= 0.6 is 12.4 Å². The molecule has 1 aromatic rings. The monoisotopic (exact) mass is 330 g/mol. The first-order chi connectivity index (χ1) is 10.1. The van der Waals surface area contributed by atoms with Gasteiger partial charge in [-0.3, -0.25) is 4.79 Å². The van der Waals surface area contributed by atoms with E-state index in [0.717, 1.165) is 6.54 Å². The molecule has 1 heterocycles. The zero-order valence-corrected chi connectivity index (χ0v) is 14.2. The van der Waals surface area contributed by atoms with Gasteiger partial charge in [-0.05, 0) is 19.1 Å². The van der Waals surface area contributed by atoms with Gasteiger partial charge in [0.1, 0.15) is 0 Å². The SMILES string of the molecule is COc1ccc(C(=O)N2CCN[C@H](C)C2)c(OC)c1OC.Cl. The third-order valence-corrected chi connectivity index (χ3v) is 3.59. The van der Waals surface area contributed by atoms with Gasteiger partial charge >= 0.3 is 0 Å². The highest BCUT2D eigenvalue weighted by atomic mass is 35.5. The molecule has 0 unspecified atom stereocenters. The van der Waals surface area contributed by atoms with Crippen LogP contribution < -0.4 is 19.5 Å². The van der Waals surface area contributed by atoms with Gasteiger partial charge in [-0.15, -0.1) is 12.4 Å². The van der Waals surface area contributed by atoms with Gasteiger partial charge in [0.2, 0.25) is 5.75 Å². The molecule has 6 nitrogen and oxygen atoms in total. The van der Waals surface area contributed by atoms with Crippen molar-refractivity contribution >= 4 is 18.3 Å². The van der Waals surface area contributed by atoms with Gasteiger partial charge in [0.15, 0.2) is 11.5 Å². The van der Waals surface area contributed by atoms with E-state index >= 15 is 0 Å². The summed E-state index contributed by atoms with van der Waals surface area (Å²) in [6.45, 7) is 4.21. The first kappa shape index (κ1) is 18.4. The molecular weight excluding hydrogens is 308 g/mol. The Morgan fingerprint density at radius 2 is 1.86 bits per heavy atom. The van der Waals surface area contributed by atoms with Gasteiger partial charge in [0.05, 0.1) is 26.9 Å². The van der Waals surface area contributed by atoms with Crippen molar-refractivity contribution in [1.29, 1.82) is 0 Å². The summed E-state index contributed by atoms with van der Waals surface area (Å²) in [5.41, 5.74) is 0.490. The Hall–Kier alpha value is -1.66. The Labute approximate surface area is 137 Å². The van der Waals surface area contributed by atoms with Gasteiger partial charge < -0.3 is 24.4 Å². The normalized spacial score (nSPS) is 17.5. The summed E-state index contributed by atoms with van der Waals surface area (Å²) >= 11 is 0. The second-order valence-electron chi connectivity index (χ2n) is 4.99. The highest BCUT2D eigenvalue weighted by molar-refractivity contribution is 5.98. The van der Waals surface area contributed by atoms with E-state index in [2.05, 4.69) is 12.2 Å². The molecule has 1 saturated heterocycles. The third kappa shape index (κ3) is 3.56. The summed E-state index contributed by atoms with van der Waals surface area (Å²) in [4.78, 5) is 14.5. The van der Waals surface area contributed by atoms with Crippen LogP contribution in [0.1, 0.15) is 17.3 Å². The number of amides is 1. The van der Waals surface area contributed by atoms with Crippen LogP contribution in [0, 0.1) is 0 Å². The molecule has 0 bridgehead atoms. The highest BCUT2D eigenvalue weighted by Gasteiger charge is 2.27. The predicted molar refractivity (Wildman–Crippen MR) is 86.7 cm³/mol. The Kier molecular flexibility index (Phi) is 6.77. The first-order valence-electron chi connectivity index (χ1n) is 6.94. The number of halogens is 1. The fourth-order valence-corrected chi connectivity index (χ4v) is 2.56. The number of ether oxygens (including phenoxy) is 3. The van der Waals surface area contributed by atoms with Crippen molar-refractivity contribution in [1.82, 2.24) is 10.2 Å². The van der Waals surface area contributed by atoms with Crippen molar-refractivity contribution < 1.29 is 19.0 Å². The number of benzene rings is 1. The van der Waals surface area contributed by atoms with E-state index in [1.165, 1.54) is 14.2 Å². The third-order valence-electron chi connectivity index (χ3n) is 3.59. The van der Waals surface area contributed by atoms with E-state index in [9.17, 15) is 4.79 Å². The molecule has 7 heteroatoms. The van der Waals surface area contributed by atoms with Crippen molar-refractivity contribution in [2.24, 2.45) is 0 Å². The molecule has 2 rings (SSSR count). The molecule has 1 aliphatic heterocycles. The summed E-state index contributed by atoms with van der Waals surface area (Å²) in [6.07, 6.45) is 0. The fraction of sp³-hybridized carbons (Fsp3) is 0.533. The molecule has 1 atom stereocenters. The molecule has 0 aliphatic carbocycles. The maximum atomic E-state index is 12.7. The second kappa shape index (κ2) is 8.10. The van der Waals surface area contributed by atoms with E-state index in [4.69, 9.17) is 14.2 Å². The molecule has 1 N–H and O–H groups in total. The summed E-state index contributed by atoms with van der Waals surface area (Å²) in [5, 5.41) is 3.32. The molecule has 1 amide bonds. The van der Waals surface area contributed by atoms with Crippen LogP contribution in [0.15, 0.2) is 12.1 Å². The molecular formula is C15H23ClN2O4. The lowest BCUT2D eigenvalue weighted by molar-refractivity contribution is 0.0705. The van der Waals surface area contributed by atoms with Gasteiger partial charge in [0.25, 0.3) is 5.91 Å². The molecule has 0 radical (unpaired) electrons. The summed E-state index contributed by atoms with van der Waals surface area (Å²) in [7, 11) is 4.60. The highest BCUT2D eigenvalue weighted by Crippen LogP contribution is 2.40. The van der Waals surface area contributed by atoms with Gasteiger partial charge in [0, 0.05) is 25.7 Å². The number of rotatable bonds is 4. The molecule has 0 spiro atoms. The Bertz CT molecular complexity index is 525. The number of carbonyl (C=O) groups excluding carboxylic acids is 1. The first-order valence-corrected chi connectivity index (χ1v) is 6.94. The average Bonchev–Trinajstić information content (AvgIpc) is 2.52. The van der Waals surface area contributed by atoms with Crippen molar-refractivity contribution in [3.8, 4) is 17.2 Å². The summed E-state index contributed by atoms with van der Waals surface area (Å²) in [5.74, 6) is 1.34. The number of nitrogens with zero attached hydrogens (tertiary/aromatic N) is 1. The van der Waals surface area contributed by atoms with Crippen LogP contribution in [0.5, 0.6) is 17.2 Å². The van der Waals surface area contributed by atoms with E-state index < -0.39 is 0 Å². The van der Waals surface area contributed by atoms with Crippen LogP contribution in [0.25, 0.3) is 0 Å². The van der Waals surface area contributed by atoms with Crippen LogP contribution in [0.3, 0.4) is 0 Å². The van der Waals surface area contributed by atoms with E-state index in [0.29, 0.717) is 35.9 Å².